The SMILES string of the molecule is COc1cc(OC(F)(F)F)ccc1[C@H](CC(C)C)N1CCNCC1. The van der Waals surface area contributed by atoms with Gasteiger partial charge in [0.25, 0.3) is 0 Å². The van der Waals surface area contributed by atoms with E-state index in [0.717, 1.165) is 38.2 Å². The zero-order valence-electron chi connectivity index (χ0n) is 14.3. The number of ether oxygens (including phenoxy) is 2. The summed E-state index contributed by atoms with van der Waals surface area (Å²) in [6.45, 7) is 7.91. The van der Waals surface area contributed by atoms with Gasteiger partial charge in [-0.3, -0.25) is 4.90 Å². The Hall–Kier alpha value is -1.47. The van der Waals surface area contributed by atoms with Gasteiger partial charge in [0.2, 0.25) is 0 Å². The van der Waals surface area contributed by atoms with Gasteiger partial charge in [0.05, 0.1) is 7.11 Å². The molecule has 1 saturated heterocycles. The highest BCUT2D eigenvalue weighted by Crippen LogP contribution is 2.37. The molecule has 0 aliphatic carbocycles. The quantitative estimate of drug-likeness (QED) is 0.854. The van der Waals surface area contributed by atoms with Crippen molar-refractivity contribution in [3.8, 4) is 11.5 Å². The Balaban J connectivity index is 2.30. The van der Waals surface area contributed by atoms with E-state index in [2.05, 4.69) is 28.8 Å². The van der Waals surface area contributed by atoms with Crippen molar-refractivity contribution < 1.29 is 22.6 Å². The van der Waals surface area contributed by atoms with Crippen LogP contribution in [0.2, 0.25) is 0 Å². The molecule has 7 heteroatoms. The minimum absolute atomic E-state index is 0.113. The summed E-state index contributed by atoms with van der Waals surface area (Å²) in [5.74, 6) is 0.633. The Labute approximate surface area is 140 Å². The van der Waals surface area contributed by atoms with Crippen LogP contribution in [0, 0.1) is 5.92 Å². The number of hydrogen-bond acceptors (Lipinski definition) is 4. The third-order valence-electron chi connectivity index (χ3n) is 4.08. The standard InChI is InChI=1S/C17H25F3N2O2/c1-12(2)10-15(22-8-6-21-7-9-22)14-5-4-13(11-16(14)23-3)24-17(18,19)20/h4-5,11-12,15,21H,6-10H2,1-3H3/t15-/m0/s1. The predicted octanol–water partition coefficient (Wildman–Crippen LogP) is 3.59. The van der Waals surface area contributed by atoms with Crippen molar-refractivity contribution in [3.63, 3.8) is 0 Å². The summed E-state index contributed by atoms with van der Waals surface area (Å²) in [5.41, 5.74) is 0.905. The van der Waals surface area contributed by atoms with Crippen molar-refractivity contribution in [3.05, 3.63) is 23.8 Å². The van der Waals surface area contributed by atoms with Crippen LogP contribution in [0.15, 0.2) is 18.2 Å². The molecule has 1 aliphatic rings. The zero-order valence-corrected chi connectivity index (χ0v) is 14.3. The number of halogens is 3. The van der Waals surface area contributed by atoms with Gasteiger partial charge in [0, 0.05) is 43.9 Å². The molecule has 1 heterocycles. The first-order valence-corrected chi connectivity index (χ1v) is 8.18. The van der Waals surface area contributed by atoms with Crippen LogP contribution in [0.25, 0.3) is 0 Å². The fraction of sp³-hybridized carbons (Fsp3) is 0.647. The van der Waals surface area contributed by atoms with Crippen LogP contribution in [0.4, 0.5) is 13.2 Å². The van der Waals surface area contributed by atoms with Crippen molar-refractivity contribution in [2.75, 3.05) is 33.3 Å². The Bertz CT molecular complexity index is 529. The van der Waals surface area contributed by atoms with Crippen molar-refractivity contribution in [2.24, 2.45) is 5.92 Å². The molecule has 0 spiro atoms. The third kappa shape index (κ3) is 5.27. The van der Waals surface area contributed by atoms with Gasteiger partial charge < -0.3 is 14.8 Å². The molecule has 1 aromatic carbocycles. The highest BCUT2D eigenvalue weighted by Gasteiger charge is 2.32. The Morgan fingerprint density at radius 3 is 2.42 bits per heavy atom. The van der Waals surface area contributed by atoms with Crippen LogP contribution >= 0.6 is 0 Å². The maximum atomic E-state index is 12.4. The van der Waals surface area contributed by atoms with E-state index in [4.69, 9.17) is 4.74 Å². The molecule has 1 N–H and O–H groups in total. The molecular weight excluding hydrogens is 321 g/mol. The van der Waals surface area contributed by atoms with E-state index in [-0.39, 0.29) is 11.8 Å². The second kappa shape index (κ2) is 8.07. The summed E-state index contributed by atoms with van der Waals surface area (Å²) in [6, 6.07) is 4.48. The second-order valence-corrected chi connectivity index (χ2v) is 6.38. The van der Waals surface area contributed by atoms with E-state index in [0.29, 0.717) is 11.7 Å². The van der Waals surface area contributed by atoms with Gasteiger partial charge in [-0.2, -0.15) is 0 Å². The topological polar surface area (TPSA) is 33.7 Å². The molecule has 136 valence electrons. The zero-order chi connectivity index (χ0) is 17.7. The van der Waals surface area contributed by atoms with Gasteiger partial charge in [0.1, 0.15) is 11.5 Å². The largest absolute Gasteiger partial charge is 0.573 e. The Morgan fingerprint density at radius 2 is 1.88 bits per heavy atom. The first-order valence-electron chi connectivity index (χ1n) is 8.18. The maximum absolute atomic E-state index is 12.4. The first-order chi connectivity index (χ1) is 11.3. The predicted molar refractivity (Wildman–Crippen MR) is 86.3 cm³/mol. The molecular formula is C17H25F3N2O2. The summed E-state index contributed by atoms with van der Waals surface area (Å²) in [5, 5.41) is 3.32. The lowest BCUT2D eigenvalue weighted by Gasteiger charge is -2.36. The lowest BCUT2D eigenvalue weighted by Crippen LogP contribution is -2.45. The van der Waals surface area contributed by atoms with Crippen molar-refractivity contribution >= 4 is 0 Å². The summed E-state index contributed by atoms with van der Waals surface area (Å²) >= 11 is 0. The number of rotatable bonds is 6. The molecule has 0 saturated carbocycles. The lowest BCUT2D eigenvalue weighted by molar-refractivity contribution is -0.274. The summed E-state index contributed by atoms with van der Waals surface area (Å²) < 4.78 is 46.6. The van der Waals surface area contributed by atoms with Gasteiger partial charge in [-0.15, -0.1) is 13.2 Å². The van der Waals surface area contributed by atoms with Gasteiger partial charge in [0.15, 0.2) is 0 Å². The van der Waals surface area contributed by atoms with E-state index >= 15 is 0 Å². The average Bonchev–Trinajstić information content (AvgIpc) is 2.52. The molecule has 0 unspecified atom stereocenters. The van der Waals surface area contributed by atoms with Crippen molar-refractivity contribution in [1.82, 2.24) is 10.2 Å². The first kappa shape index (κ1) is 18.9. The van der Waals surface area contributed by atoms with Gasteiger partial charge in [-0.25, -0.2) is 0 Å². The molecule has 0 aromatic heterocycles. The molecule has 4 nitrogen and oxygen atoms in total. The number of benzene rings is 1. The molecule has 0 amide bonds. The van der Waals surface area contributed by atoms with Crippen LogP contribution in [-0.4, -0.2) is 44.6 Å². The van der Waals surface area contributed by atoms with Crippen LogP contribution < -0.4 is 14.8 Å². The number of piperazine rings is 1. The number of hydrogen-bond donors (Lipinski definition) is 1. The second-order valence-electron chi connectivity index (χ2n) is 6.38. The molecule has 1 atom stereocenters. The fourth-order valence-corrected chi connectivity index (χ4v) is 3.08. The normalized spacial score (nSPS) is 17.8. The number of nitrogens with one attached hydrogen (secondary N) is 1. The van der Waals surface area contributed by atoms with Crippen molar-refractivity contribution in [1.29, 1.82) is 0 Å². The fourth-order valence-electron chi connectivity index (χ4n) is 3.08. The third-order valence-corrected chi connectivity index (χ3v) is 4.08. The molecule has 0 bridgehead atoms. The summed E-state index contributed by atoms with van der Waals surface area (Å²) in [6.07, 6.45) is -3.79. The molecule has 1 fully saturated rings. The molecule has 24 heavy (non-hydrogen) atoms. The lowest BCUT2D eigenvalue weighted by atomic mass is 9.94. The van der Waals surface area contributed by atoms with E-state index in [1.807, 2.05) is 0 Å². The van der Waals surface area contributed by atoms with Crippen LogP contribution in [0.3, 0.4) is 0 Å². The number of nitrogens with zero attached hydrogens (tertiary/aromatic N) is 1. The van der Waals surface area contributed by atoms with E-state index in [1.54, 1.807) is 6.07 Å². The molecule has 1 aromatic rings. The number of alkyl halides is 3. The Morgan fingerprint density at radius 1 is 1.21 bits per heavy atom. The minimum atomic E-state index is -4.71. The van der Waals surface area contributed by atoms with Crippen molar-refractivity contribution in [2.45, 2.75) is 32.7 Å². The average molecular weight is 346 g/mol. The van der Waals surface area contributed by atoms with E-state index in [1.165, 1.54) is 19.2 Å². The maximum Gasteiger partial charge on any atom is 0.573 e. The van der Waals surface area contributed by atoms with Gasteiger partial charge >= 0.3 is 6.36 Å². The van der Waals surface area contributed by atoms with Crippen LogP contribution in [0.1, 0.15) is 31.9 Å². The highest BCUT2D eigenvalue weighted by atomic mass is 19.4. The summed E-state index contributed by atoms with van der Waals surface area (Å²) in [4.78, 5) is 2.36. The van der Waals surface area contributed by atoms with Gasteiger partial charge in [-0.1, -0.05) is 19.9 Å². The monoisotopic (exact) mass is 346 g/mol. The van der Waals surface area contributed by atoms with E-state index < -0.39 is 6.36 Å². The summed E-state index contributed by atoms with van der Waals surface area (Å²) in [7, 11) is 1.47. The molecule has 0 radical (unpaired) electrons. The smallest absolute Gasteiger partial charge is 0.496 e. The number of methoxy groups -OCH3 is 1. The van der Waals surface area contributed by atoms with E-state index in [9.17, 15) is 13.2 Å². The van der Waals surface area contributed by atoms with Crippen LogP contribution in [-0.2, 0) is 0 Å². The highest BCUT2D eigenvalue weighted by molar-refractivity contribution is 5.42. The van der Waals surface area contributed by atoms with Crippen LogP contribution in [0.5, 0.6) is 11.5 Å². The minimum Gasteiger partial charge on any atom is -0.496 e. The molecule has 2 rings (SSSR count). The van der Waals surface area contributed by atoms with Gasteiger partial charge in [-0.05, 0) is 18.4 Å². The Kier molecular flexibility index (Phi) is 6.34. The molecule has 1 aliphatic heterocycles.